The van der Waals surface area contributed by atoms with E-state index in [0.717, 1.165) is 44.3 Å². The molecule has 2 aromatic carbocycles. The second-order valence-electron chi connectivity index (χ2n) is 11.4. The minimum absolute atomic E-state index is 0.153. The lowest BCUT2D eigenvalue weighted by Crippen LogP contribution is -2.42. The van der Waals surface area contributed by atoms with Crippen LogP contribution >= 0.6 is 0 Å². The van der Waals surface area contributed by atoms with Gasteiger partial charge in [-0.05, 0) is 81.4 Å². The van der Waals surface area contributed by atoms with Crippen LogP contribution in [0.3, 0.4) is 0 Å². The highest BCUT2D eigenvalue weighted by atomic mass is 19.1. The SMILES string of the molecule is CN(C)C(c1cccc(F)c1)C1CCC2(CC1)OCCc1c2[nH]c2ccccc12.O=C(O)CC(O)(CC(=O)O)C(=O)O. The maximum Gasteiger partial charge on any atom is 0.336 e. The van der Waals surface area contributed by atoms with Crippen molar-refractivity contribution >= 4 is 28.8 Å². The molecule has 0 radical (unpaired) electrons. The van der Waals surface area contributed by atoms with Crippen molar-refractivity contribution in [2.24, 2.45) is 5.92 Å². The number of aromatic amines is 1. The predicted molar refractivity (Wildman–Crippen MR) is 152 cm³/mol. The van der Waals surface area contributed by atoms with Gasteiger partial charge in [-0.2, -0.15) is 0 Å². The summed E-state index contributed by atoms with van der Waals surface area (Å²) in [4.78, 5) is 36.4. The Balaban J connectivity index is 0.000000266. The van der Waals surface area contributed by atoms with E-state index in [1.54, 1.807) is 6.07 Å². The van der Waals surface area contributed by atoms with E-state index >= 15 is 0 Å². The van der Waals surface area contributed by atoms with Crippen molar-refractivity contribution in [3.8, 4) is 0 Å². The van der Waals surface area contributed by atoms with Gasteiger partial charge in [0, 0.05) is 16.9 Å². The Kier molecular flexibility index (Phi) is 9.34. The van der Waals surface area contributed by atoms with E-state index in [9.17, 15) is 18.8 Å². The van der Waals surface area contributed by atoms with Gasteiger partial charge in [0.15, 0.2) is 5.60 Å². The summed E-state index contributed by atoms with van der Waals surface area (Å²) in [7, 11) is 4.21. The third-order valence-electron chi connectivity index (χ3n) is 8.32. The summed E-state index contributed by atoms with van der Waals surface area (Å²) in [5, 5.41) is 35.2. The molecule has 11 heteroatoms. The number of nitrogens with one attached hydrogen (secondary N) is 1. The van der Waals surface area contributed by atoms with Gasteiger partial charge >= 0.3 is 17.9 Å². The minimum atomic E-state index is -2.74. The number of carbonyl (C=O) groups is 3. The number of para-hydroxylation sites is 1. The molecule has 1 saturated carbocycles. The maximum atomic E-state index is 13.9. The average molecular weight is 585 g/mol. The summed E-state index contributed by atoms with van der Waals surface area (Å²) in [5.41, 5.74) is 2.11. The quantitative estimate of drug-likeness (QED) is 0.260. The highest BCUT2D eigenvalue weighted by molar-refractivity contribution is 5.88. The molecule has 1 aliphatic heterocycles. The molecular formula is C31H37FN2O8. The molecule has 0 saturated heterocycles. The van der Waals surface area contributed by atoms with E-state index in [1.807, 2.05) is 6.07 Å². The molecule has 1 fully saturated rings. The van der Waals surface area contributed by atoms with Crippen LogP contribution in [0.2, 0.25) is 0 Å². The highest BCUT2D eigenvalue weighted by Gasteiger charge is 2.45. The molecule has 0 amide bonds. The molecule has 226 valence electrons. The van der Waals surface area contributed by atoms with E-state index in [-0.39, 0.29) is 17.5 Å². The standard InChI is InChI=1S/C25H29FN2O.C6H8O7/c1-28(2)23(18-6-5-7-19(26)16-18)17-10-13-25(14-11-17)24-21(12-15-29-25)20-8-3-4-9-22(20)27-24;7-3(8)1-6(13,5(11)12)2-4(9)10/h3-9,16-17,23,27H,10-15H2,1-2H3;13H,1-2H2,(H,7,8)(H,9,10)(H,11,12). The Bertz CT molecular complexity index is 1430. The van der Waals surface area contributed by atoms with Gasteiger partial charge in [-0.25, -0.2) is 9.18 Å². The van der Waals surface area contributed by atoms with Crippen LogP contribution in [0.1, 0.15) is 61.4 Å². The van der Waals surface area contributed by atoms with Crippen molar-refractivity contribution in [2.75, 3.05) is 20.7 Å². The monoisotopic (exact) mass is 584 g/mol. The zero-order chi connectivity index (χ0) is 30.7. The molecule has 10 nitrogen and oxygen atoms in total. The number of halogens is 1. The number of ether oxygens (including phenoxy) is 1. The van der Waals surface area contributed by atoms with Crippen molar-refractivity contribution < 1.29 is 43.9 Å². The van der Waals surface area contributed by atoms with Gasteiger partial charge in [-0.15, -0.1) is 0 Å². The first-order chi connectivity index (χ1) is 19.8. The number of fused-ring (bicyclic) bond motifs is 4. The van der Waals surface area contributed by atoms with Crippen molar-refractivity contribution in [3.63, 3.8) is 0 Å². The Hall–Kier alpha value is -3.80. The van der Waals surface area contributed by atoms with E-state index < -0.39 is 36.4 Å². The van der Waals surface area contributed by atoms with E-state index in [0.29, 0.717) is 5.92 Å². The van der Waals surface area contributed by atoms with E-state index in [1.165, 1.54) is 28.2 Å². The summed E-state index contributed by atoms with van der Waals surface area (Å²) >= 11 is 0. The first-order valence-electron chi connectivity index (χ1n) is 13.9. The predicted octanol–water partition coefficient (Wildman–Crippen LogP) is 4.32. The second kappa shape index (κ2) is 12.6. The van der Waals surface area contributed by atoms with Crippen LogP contribution < -0.4 is 0 Å². The third kappa shape index (κ3) is 6.64. The Morgan fingerprint density at radius 3 is 2.26 bits per heavy atom. The van der Waals surface area contributed by atoms with Crippen molar-refractivity contribution in [1.82, 2.24) is 9.88 Å². The van der Waals surface area contributed by atoms with Gasteiger partial charge in [-0.3, -0.25) is 9.59 Å². The number of nitrogens with zero attached hydrogens (tertiary/aromatic N) is 1. The van der Waals surface area contributed by atoms with Gasteiger partial charge in [-0.1, -0.05) is 30.3 Å². The number of benzene rings is 2. The fraction of sp³-hybridized carbons (Fsp3) is 0.452. The molecule has 2 aliphatic rings. The van der Waals surface area contributed by atoms with Gasteiger partial charge < -0.3 is 35.0 Å². The molecule has 2 heterocycles. The second-order valence-corrected chi connectivity index (χ2v) is 11.4. The smallest absolute Gasteiger partial charge is 0.336 e. The molecule has 1 atom stereocenters. The Morgan fingerprint density at radius 1 is 1.05 bits per heavy atom. The van der Waals surface area contributed by atoms with Gasteiger partial charge in [0.05, 0.1) is 25.1 Å². The Morgan fingerprint density at radius 2 is 1.69 bits per heavy atom. The van der Waals surface area contributed by atoms with Crippen LogP contribution in [0, 0.1) is 11.7 Å². The number of carboxylic acids is 3. The number of hydrogen-bond acceptors (Lipinski definition) is 6. The molecule has 3 aromatic rings. The molecule has 5 rings (SSSR count). The first kappa shape index (κ1) is 31.1. The summed E-state index contributed by atoms with van der Waals surface area (Å²) in [5.74, 6) is -4.68. The van der Waals surface area contributed by atoms with Crippen molar-refractivity contribution in [2.45, 2.75) is 62.2 Å². The number of aliphatic carboxylic acids is 3. The van der Waals surface area contributed by atoms with E-state index in [2.05, 4.69) is 54.3 Å². The van der Waals surface area contributed by atoms with E-state index in [4.69, 9.17) is 25.2 Å². The van der Waals surface area contributed by atoms with Crippen molar-refractivity contribution in [1.29, 1.82) is 0 Å². The fourth-order valence-electron chi connectivity index (χ4n) is 6.48. The van der Waals surface area contributed by atoms with Crippen LogP contribution in [-0.4, -0.2) is 74.5 Å². The zero-order valence-corrected chi connectivity index (χ0v) is 23.7. The van der Waals surface area contributed by atoms with Gasteiger partial charge in [0.25, 0.3) is 0 Å². The number of aromatic nitrogens is 1. The lowest BCUT2D eigenvalue weighted by atomic mass is 9.71. The molecule has 5 N–H and O–H groups in total. The number of H-pyrrole nitrogens is 1. The number of rotatable bonds is 8. The highest BCUT2D eigenvalue weighted by Crippen LogP contribution is 2.50. The summed E-state index contributed by atoms with van der Waals surface area (Å²) < 4.78 is 20.3. The normalized spacial score (nSPS) is 20.9. The van der Waals surface area contributed by atoms with Crippen LogP contribution in [0.5, 0.6) is 0 Å². The molecule has 1 unspecified atom stereocenters. The van der Waals surface area contributed by atoms with Gasteiger partial charge in [0.1, 0.15) is 11.4 Å². The molecule has 1 spiro atoms. The van der Waals surface area contributed by atoms with Crippen LogP contribution in [0.4, 0.5) is 4.39 Å². The summed E-state index contributed by atoms with van der Waals surface area (Å²) in [6.07, 6.45) is 2.87. The largest absolute Gasteiger partial charge is 0.481 e. The average Bonchev–Trinajstić information content (AvgIpc) is 3.30. The van der Waals surface area contributed by atoms with Crippen LogP contribution in [-0.2, 0) is 31.1 Å². The topological polar surface area (TPSA) is 160 Å². The molecular weight excluding hydrogens is 547 g/mol. The van der Waals surface area contributed by atoms with Crippen LogP contribution in [0.15, 0.2) is 48.5 Å². The summed E-state index contributed by atoms with van der Waals surface area (Å²) in [6.45, 7) is 0.792. The summed E-state index contributed by atoms with van der Waals surface area (Å²) in [6, 6.07) is 15.9. The first-order valence-corrected chi connectivity index (χ1v) is 13.9. The lowest BCUT2D eigenvalue weighted by Gasteiger charge is -2.45. The fourth-order valence-corrected chi connectivity index (χ4v) is 6.48. The number of hydrogen-bond donors (Lipinski definition) is 5. The Labute approximate surface area is 242 Å². The van der Waals surface area contributed by atoms with Crippen LogP contribution in [0.25, 0.3) is 10.9 Å². The minimum Gasteiger partial charge on any atom is -0.481 e. The lowest BCUT2D eigenvalue weighted by molar-refractivity contribution is -0.170. The molecule has 1 aliphatic carbocycles. The number of aliphatic hydroxyl groups is 1. The zero-order valence-electron chi connectivity index (χ0n) is 23.7. The number of carboxylic acid groups (broad SMARTS) is 3. The molecule has 42 heavy (non-hydrogen) atoms. The maximum absolute atomic E-state index is 13.9. The van der Waals surface area contributed by atoms with Gasteiger partial charge in [0.2, 0.25) is 0 Å². The molecule has 0 bridgehead atoms. The molecule has 1 aromatic heterocycles. The third-order valence-corrected chi connectivity index (χ3v) is 8.32. The van der Waals surface area contributed by atoms with Crippen molar-refractivity contribution in [3.05, 3.63) is 71.2 Å².